The highest BCUT2D eigenvalue weighted by atomic mass is 35.5. The van der Waals surface area contributed by atoms with Gasteiger partial charge in [0.15, 0.2) is 0 Å². The minimum Gasteiger partial charge on any atom is -0.313 e. The fourth-order valence-corrected chi connectivity index (χ4v) is 6.95. The van der Waals surface area contributed by atoms with Crippen molar-refractivity contribution in [1.82, 2.24) is 5.32 Å². The first-order valence-electron chi connectivity index (χ1n) is 12.9. The third-order valence-corrected chi connectivity index (χ3v) is 9.51. The normalized spacial score (nSPS) is 37.9. The summed E-state index contributed by atoms with van der Waals surface area (Å²) >= 11 is 6.66. The molecule has 3 aliphatic carbocycles. The van der Waals surface area contributed by atoms with Gasteiger partial charge < -0.3 is 5.32 Å². The third kappa shape index (κ3) is 5.77. The van der Waals surface area contributed by atoms with Crippen molar-refractivity contribution in [3.63, 3.8) is 0 Å². The first-order chi connectivity index (χ1) is 14.9. The smallest absolute Gasteiger partial charge is 0.0367 e. The Labute approximate surface area is 197 Å². The molecule has 0 amide bonds. The van der Waals surface area contributed by atoms with E-state index in [9.17, 15) is 0 Å². The average Bonchev–Trinajstić information content (AvgIpc) is 3.02. The number of likely N-dealkylation sites (N-methyl/N-ethyl adjacent to an activating group) is 1. The van der Waals surface area contributed by atoms with E-state index in [1.165, 1.54) is 74.5 Å². The second-order valence-corrected chi connectivity index (χ2v) is 11.4. The Morgan fingerprint density at radius 3 is 2.48 bits per heavy atom. The molecule has 174 valence electrons. The molecule has 0 aromatic carbocycles. The van der Waals surface area contributed by atoms with Gasteiger partial charge >= 0.3 is 0 Å². The molecule has 0 aromatic heterocycles. The molecule has 8 unspecified atom stereocenters. The molecule has 0 saturated heterocycles. The lowest BCUT2D eigenvalue weighted by molar-refractivity contribution is 0.188. The molecule has 0 heterocycles. The number of rotatable bonds is 7. The minimum atomic E-state index is 0.292. The summed E-state index contributed by atoms with van der Waals surface area (Å²) in [5.74, 6) is 3.50. The van der Waals surface area contributed by atoms with E-state index >= 15 is 0 Å². The first kappa shape index (κ1) is 24.8. The van der Waals surface area contributed by atoms with Gasteiger partial charge in [0.25, 0.3) is 0 Å². The molecule has 3 aliphatic rings. The molecule has 8 atom stereocenters. The van der Waals surface area contributed by atoms with E-state index in [0.29, 0.717) is 46.9 Å². The Morgan fingerprint density at radius 2 is 1.81 bits per heavy atom. The van der Waals surface area contributed by atoms with Gasteiger partial charge in [-0.3, -0.25) is 0 Å². The van der Waals surface area contributed by atoms with Crippen LogP contribution in [-0.4, -0.2) is 18.5 Å². The van der Waals surface area contributed by atoms with Crippen molar-refractivity contribution >= 4 is 11.6 Å². The van der Waals surface area contributed by atoms with E-state index in [2.05, 4.69) is 51.5 Å². The summed E-state index contributed by atoms with van der Waals surface area (Å²) in [6.45, 7) is 18.3. The van der Waals surface area contributed by atoms with Gasteiger partial charge in [0, 0.05) is 17.3 Å². The Hall–Kier alpha value is -0.790. The van der Waals surface area contributed by atoms with Gasteiger partial charge in [-0.1, -0.05) is 51.2 Å². The molecular weight excluding hydrogens is 398 g/mol. The summed E-state index contributed by atoms with van der Waals surface area (Å²) in [5.41, 5.74) is 4.30. The molecule has 0 aromatic rings. The maximum atomic E-state index is 6.66. The lowest BCUT2D eigenvalue weighted by Crippen LogP contribution is -2.34. The molecule has 0 bridgehead atoms. The van der Waals surface area contributed by atoms with Gasteiger partial charge in [0.2, 0.25) is 0 Å². The number of hydrogen-bond donors (Lipinski definition) is 1. The molecule has 0 radical (unpaired) electrons. The summed E-state index contributed by atoms with van der Waals surface area (Å²) in [6, 6.07) is 0.470. The molecule has 0 spiro atoms. The van der Waals surface area contributed by atoms with Gasteiger partial charge in [0.05, 0.1) is 0 Å². The van der Waals surface area contributed by atoms with E-state index in [-0.39, 0.29) is 0 Å². The van der Waals surface area contributed by atoms with Crippen LogP contribution in [0.15, 0.2) is 48.6 Å². The molecular formula is C29H46ClN. The van der Waals surface area contributed by atoms with Crippen LogP contribution >= 0.6 is 11.6 Å². The van der Waals surface area contributed by atoms with Crippen molar-refractivity contribution in [2.45, 2.75) is 89.5 Å². The zero-order chi connectivity index (χ0) is 22.5. The van der Waals surface area contributed by atoms with E-state index in [0.717, 1.165) is 6.42 Å². The van der Waals surface area contributed by atoms with Crippen molar-refractivity contribution in [3.8, 4) is 0 Å². The van der Waals surface area contributed by atoms with Gasteiger partial charge in [-0.25, -0.2) is 0 Å². The highest BCUT2D eigenvalue weighted by molar-refractivity contribution is 6.20. The summed E-state index contributed by atoms with van der Waals surface area (Å²) in [5, 5.41) is 3.86. The van der Waals surface area contributed by atoms with Crippen molar-refractivity contribution in [1.29, 1.82) is 0 Å². The van der Waals surface area contributed by atoms with Crippen molar-refractivity contribution in [3.05, 3.63) is 48.6 Å². The molecule has 1 N–H and O–H groups in total. The van der Waals surface area contributed by atoms with Gasteiger partial charge in [-0.2, -0.15) is 0 Å². The zero-order valence-electron chi connectivity index (χ0n) is 20.3. The second-order valence-electron chi connectivity index (χ2n) is 10.8. The summed E-state index contributed by atoms with van der Waals surface area (Å²) < 4.78 is 0. The average molecular weight is 444 g/mol. The molecule has 0 aliphatic heterocycles. The second kappa shape index (κ2) is 11.4. The number of nitrogens with one attached hydrogen (secondary N) is 1. The number of allylic oxidation sites excluding steroid dienone is 3. The fourth-order valence-electron chi connectivity index (χ4n) is 6.61. The number of halogens is 1. The van der Waals surface area contributed by atoms with Gasteiger partial charge in [-0.05, 0) is 106 Å². The maximum Gasteiger partial charge on any atom is 0.0367 e. The monoisotopic (exact) mass is 443 g/mol. The first-order valence-corrected chi connectivity index (χ1v) is 13.3. The summed E-state index contributed by atoms with van der Waals surface area (Å²) in [6.07, 6.45) is 17.1. The fraction of sp³-hybridized carbons (Fsp3) is 0.724. The molecule has 2 heteroatoms. The van der Waals surface area contributed by atoms with Crippen LogP contribution in [0.4, 0.5) is 0 Å². The van der Waals surface area contributed by atoms with Crippen LogP contribution < -0.4 is 5.32 Å². The molecule has 31 heavy (non-hydrogen) atoms. The van der Waals surface area contributed by atoms with Crippen molar-refractivity contribution in [2.75, 3.05) is 7.05 Å². The van der Waals surface area contributed by atoms with Gasteiger partial charge in [-0.15, -0.1) is 18.2 Å². The lowest BCUT2D eigenvalue weighted by Gasteiger charge is -2.42. The third-order valence-electron chi connectivity index (χ3n) is 8.90. The van der Waals surface area contributed by atoms with Crippen molar-refractivity contribution < 1.29 is 0 Å². The van der Waals surface area contributed by atoms with Crippen LogP contribution in [0.5, 0.6) is 0 Å². The largest absolute Gasteiger partial charge is 0.313 e. The number of alkyl halides is 1. The Kier molecular flexibility index (Phi) is 9.11. The predicted octanol–water partition coefficient (Wildman–Crippen LogP) is 8.09. The lowest BCUT2D eigenvalue weighted by atomic mass is 9.63. The molecule has 2 fully saturated rings. The highest BCUT2D eigenvalue weighted by Gasteiger charge is 2.37. The molecule has 2 saturated carbocycles. The molecule has 1 nitrogen and oxygen atoms in total. The van der Waals surface area contributed by atoms with E-state index in [1.807, 2.05) is 0 Å². The van der Waals surface area contributed by atoms with Crippen LogP contribution in [0.1, 0.15) is 78.1 Å². The Morgan fingerprint density at radius 1 is 1.06 bits per heavy atom. The quantitative estimate of drug-likeness (QED) is 0.309. The Bertz CT molecular complexity index is 676. The van der Waals surface area contributed by atoms with Gasteiger partial charge in [0.1, 0.15) is 0 Å². The maximum absolute atomic E-state index is 6.66. The minimum absolute atomic E-state index is 0.292. The predicted molar refractivity (Wildman–Crippen MR) is 138 cm³/mol. The van der Waals surface area contributed by atoms with E-state index in [4.69, 9.17) is 18.2 Å². The summed E-state index contributed by atoms with van der Waals surface area (Å²) in [4.78, 5) is 0. The van der Waals surface area contributed by atoms with Crippen LogP contribution in [0, 0.1) is 35.5 Å². The zero-order valence-corrected chi connectivity index (χ0v) is 21.1. The van der Waals surface area contributed by atoms with Crippen LogP contribution in [0.25, 0.3) is 0 Å². The highest BCUT2D eigenvalue weighted by Crippen LogP contribution is 2.47. The van der Waals surface area contributed by atoms with Crippen LogP contribution in [-0.2, 0) is 0 Å². The van der Waals surface area contributed by atoms with E-state index in [1.54, 1.807) is 0 Å². The van der Waals surface area contributed by atoms with Crippen LogP contribution in [0.3, 0.4) is 0 Å². The number of hydrogen-bond acceptors (Lipinski definition) is 1. The summed E-state index contributed by atoms with van der Waals surface area (Å²) in [7, 11) is 2.11. The van der Waals surface area contributed by atoms with E-state index < -0.39 is 0 Å². The standard InChI is InChI=1S/C29H46ClN/c1-7-25(21(4)23-15-14-20(3)28(30)18-23)24-16-13-19(2)27(17-24)22(5)26-11-9-8-10-12-29(26)31-6/h7,11,19-20,23-25,27-29,31H,1,4-5,8-10,12-18H2,2-3,6H3. The SMILES string of the molecule is C=CC(C(=C)C1CCC(C)C(Cl)C1)C1CCC(C)C(C(=C)C2=CCCCCC2NC)C1. The van der Waals surface area contributed by atoms with Crippen molar-refractivity contribution in [2.24, 2.45) is 35.5 Å². The topological polar surface area (TPSA) is 12.0 Å². The van der Waals surface area contributed by atoms with Crippen LogP contribution in [0.2, 0.25) is 0 Å². The molecule has 3 rings (SSSR count). The Balaban J connectivity index is 1.72.